The van der Waals surface area contributed by atoms with E-state index in [1.807, 2.05) is 34.9 Å². The van der Waals surface area contributed by atoms with Gasteiger partial charge in [0, 0.05) is 49.7 Å². The third-order valence-corrected chi connectivity index (χ3v) is 7.30. The number of phenolic OH excluding ortho intramolecular Hbond substituents is 1. The van der Waals surface area contributed by atoms with E-state index >= 15 is 0 Å². The summed E-state index contributed by atoms with van der Waals surface area (Å²) in [5.74, 6) is -1.66. The average molecular weight is 609 g/mol. The minimum absolute atomic E-state index is 0.112. The second-order valence-electron chi connectivity index (χ2n) is 10.3. The highest BCUT2D eigenvalue weighted by Crippen LogP contribution is 2.37. The van der Waals surface area contributed by atoms with E-state index in [9.17, 15) is 18.4 Å². The van der Waals surface area contributed by atoms with E-state index in [2.05, 4.69) is 15.4 Å². The molecule has 2 aromatic carbocycles. The fourth-order valence-corrected chi connectivity index (χ4v) is 5.15. The predicted molar refractivity (Wildman–Crippen MR) is 163 cm³/mol. The predicted octanol–water partition coefficient (Wildman–Crippen LogP) is 4.55. The number of nitrogens with zero attached hydrogens (tertiary/aromatic N) is 6. The highest BCUT2D eigenvalue weighted by molar-refractivity contribution is 5.96. The molecule has 0 bridgehead atoms. The summed E-state index contributed by atoms with van der Waals surface area (Å²) in [5.41, 5.74) is 10.4. The molecule has 6 aromatic rings. The maximum Gasteiger partial charge on any atom is 0.256 e. The largest absolute Gasteiger partial charge is 0.507 e. The van der Waals surface area contributed by atoms with E-state index in [1.54, 1.807) is 41.5 Å². The van der Waals surface area contributed by atoms with Gasteiger partial charge in [0.15, 0.2) is 23.6 Å². The first-order valence-electron chi connectivity index (χ1n) is 13.8. The monoisotopic (exact) mass is 608 g/mol. The van der Waals surface area contributed by atoms with Gasteiger partial charge in [-0.2, -0.15) is 5.10 Å². The number of fused-ring (bicyclic) bond motifs is 2. The molecule has 13 heteroatoms. The van der Waals surface area contributed by atoms with Crippen molar-refractivity contribution in [1.82, 2.24) is 34.6 Å². The van der Waals surface area contributed by atoms with Gasteiger partial charge in [-0.1, -0.05) is 6.07 Å². The normalized spacial score (nSPS) is 13.1. The minimum Gasteiger partial charge on any atom is -0.507 e. The van der Waals surface area contributed by atoms with E-state index in [1.165, 1.54) is 25.2 Å². The first-order chi connectivity index (χ1) is 21.7. The zero-order valence-electron chi connectivity index (χ0n) is 23.9. The van der Waals surface area contributed by atoms with Gasteiger partial charge in [-0.3, -0.25) is 14.2 Å². The molecule has 11 nitrogen and oxygen atoms in total. The summed E-state index contributed by atoms with van der Waals surface area (Å²) in [5, 5.41) is 15.8. The lowest BCUT2D eigenvalue weighted by Gasteiger charge is -2.12. The standard InChI is InChI=1S/C23H17F2N7.C9H9NO3/c24-23(25)12-14-4-5-16(11-15(14)13-23)32-21(17-3-1-8-27-20(17)26)29-18-6-7-19(30-22(18)32)31-10-2-9-28-31;1-10-9(13)6-2-3-8(12)7(4-6)5-11/h1-11H,12-13H2,(H2,26,27);2-5,12H,1H3,(H,10,13). The zero-order valence-corrected chi connectivity index (χ0v) is 23.9. The molecule has 226 valence electrons. The topological polar surface area (TPSA) is 154 Å². The molecule has 0 saturated heterocycles. The molecule has 7 rings (SSSR count). The van der Waals surface area contributed by atoms with E-state index in [0.717, 1.165) is 0 Å². The number of nitrogens with two attached hydrogens (primary N) is 1. The highest BCUT2D eigenvalue weighted by Gasteiger charge is 2.37. The summed E-state index contributed by atoms with van der Waals surface area (Å²) in [7, 11) is 1.50. The number of hydrogen-bond acceptors (Lipinski definition) is 8. The molecule has 4 heterocycles. The van der Waals surface area contributed by atoms with E-state index < -0.39 is 5.92 Å². The number of aromatic hydroxyl groups is 1. The smallest absolute Gasteiger partial charge is 0.256 e. The molecular weight excluding hydrogens is 582 g/mol. The van der Waals surface area contributed by atoms with Crippen LogP contribution in [0.1, 0.15) is 31.8 Å². The number of imidazole rings is 1. The van der Waals surface area contributed by atoms with Crippen LogP contribution in [0.25, 0.3) is 34.1 Å². The van der Waals surface area contributed by atoms with Gasteiger partial charge in [0.05, 0.1) is 11.1 Å². The Morgan fingerprint density at radius 1 is 1.02 bits per heavy atom. The second-order valence-corrected chi connectivity index (χ2v) is 10.3. The zero-order chi connectivity index (χ0) is 31.7. The fraction of sp³-hybridized carbons (Fsp3) is 0.125. The van der Waals surface area contributed by atoms with Crippen LogP contribution in [-0.4, -0.2) is 59.6 Å². The Morgan fingerprint density at radius 2 is 1.84 bits per heavy atom. The Labute approximate surface area is 255 Å². The lowest BCUT2D eigenvalue weighted by atomic mass is 10.1. The maximum atomic E-state index is 14.0. The number of carbonyl (C=O) groups excluding carboxylic acids is 2. The highest BCUT2D eigenvalue weighted by atomic mass is 19.3. The van der Waals surface area contributed by atoms with E-state index in [4.69, 9.17) is 20.8 Å². The number of phenols is 1. The van der Waals surface area contributed by atoms with Crippen LogP contribution in [0.3, 0.4) is 0 Å². The van der Waals surface area contributed by atoms with E-state index in [-0.39, 0.29) is 30.1 Å². The number of nitrogens with one attached hydrogen (secondary N) is 1. The van der Waals surface area contributed by atoms with Crippen LogP contribution in [0.5, 0.6) is 5.75 Å². The summed E-state index contributed by atoms with van der Waals surface area (Å²) in [6, 6.07) is 18.6. The SMILES string of the molecule is CNC(=O)c1ccc(O)c(C=O)c1.Nc1ncccc1-c1nc2ccc(-n3cccn3)nc2n1-c1ccc2c(c1)CC(F)(F)C2. The molecule has 0 radical (unpaired) electrons. The Kier molecular flexibility index (Phi) is 7.50. The van der Waals surface area contributed by atoms with Crippen molar-refractivity contribution in [2.24, 2.45) is 0 Å². The van der Waals surface area contributed by atoms with Crippen LogP contribution in [0.4, 0.5) is 14.6 Å². The third kappa shape index (κ3) is 5.70. The van der Waals surface area contributed by atoms with Gasteiger partial charge in [-0.25, -0.2) is 28.4 Å². The molecule has 0 spiro atoms. The van der Waals surface area contributed by atoms with Gasteiger partial charge in [-0.05, 0) is 71.8 Å². The number of anilines is 1. The van der Waals surface area contributed by atoms with Crippen molar-refractivity contribution in [3.63, 3.8) is 0 Å². The molecule has 1 aliphatic rings. The van der Waals surface area contributed by atoms with Crippen molar-refractivity contribution >= 4 is 29.2 Å². The van der Waals surface area contributed by atoms with Crippen LogP contribution >= 0.6 is 0 Å². The minimum atomic E-state index is -2.72. The molecule has 4 N–H and O–H groups in total. The molecular formula is C32H26F2N8O3. The number of carbonyl (C=O) groups is 2. The Hall–Kier alpha value is -5.98. The lowest BCUT2D eigenvalue weighted by molar-refractivity contribution is 0.0130. The van der Waals surface area contributed by atoms with Gasteiger partial charge in [0.1, 0.15) is 17.1 Å². The van der Waals surface area contributed by atoms with Crippen LogP contribution in [0, 0.1) is 0 Å². The fourth-order valence-electron chi connectivity index (χ4n) is 5.15. The number of hydrogen-bond donors (Lipinski definition) is 3. The Balaban J connectivity index is 0.000000232. The van der Waals surface area contributed by atoms with Gasteiger partial charge in [-0.15, -0.1) is 0 Å². The third-order valence-electron chi connectivity index (χ3n) is 7.30. The summed E-state index contributed by atoms with van der Waals surface area (Å²) in [4.78, 5) is 35.2. The van der Waals surface area contributed by atoms with Crippen LogP contribution in [0.2, 0.25) is 0 Å². The van der Waals surface area contributed by atoms with Crippen molar-refractivity contribution in [2.45, 2.75) is 18.8 Å². The second kappa shape index (κ2) is 11.6. The van der Waals surface area contributed by atoms with Gasteiger partial charge in [0.25, 0.3) is 11.8 Å². The number of nitrogen functional groups attached to an aromatic ring is 1. The van der Waals surface area contributed by atoms with Crippen LogP contribution in [-0.2, 0) is 12.8 Å². The van der Waals surface area contributed by atoms with Crippen molar-refractivity contribution in [2.75, 3.05) is 12.8 Å². The van der Waals surface area contributed by atoms with Gasteiger partial charge >= 0.3 is 0 Å². The number of alkyl halides is 2. The number of benzene rings is 2. The van der Waals surface area contributed by atoms with Crippen LogP contribution in [0.15, 0.2) is 85.3 Å². The molecule has 0 fully saturated rings. The molecule has 1 aliphatic carbocycles. The summed E-state index contributed by atoms with van der Waals surface area (Å²) in [6.07, 6.45) is 5.06. The van der Waals surface area contributed by atoms with Crippen molar-refractivity contribution in [3.8, 4) is 28.6 Å². The molecule has 0 saturated carbocycles. The lowest BCUT2D eigenvalue weighted by Crippen LogP contribution is -2.17. The number of aldehydes is 1. The first-order valence-corrected chi connectivity index (χ1v) is 13.8. The molecule has 0 aliphatic heterocycles. The number of amides is 1. The van der Waals surface area contributed by atoms with Gasteiger partial charge < -0.3 is 16.2 Å². The molecule has 4 aromatic heterocycles. The Morgan fingerprint density at radius 3 is 2.58 bits per heavy atom. The van der Waals surface area contributed by atoms with Crippen LogP contribution < -0.4 is 11.1 Å². The quantitative estimate of drug-likeness (QED) is 0.241. The molecule has 1 amide bonds. The maximum absolute atomic E-state index is 14.0. The summed E-state index contributed by atoms with van der Waals surface area (Å²) in [6.45, 7) is 0. The number of pyridine rings is 2. The number of halogens is 2. The van der Waals surface area contributed by atoms with Crippen molar-refractivity contribution in [1.29, 1.82) is 0 Å². The molecule has 0 atom stereocenters. The van der Waals surface area contributed by atoms with E-state index in [0.29, 0.717) is 62.9 Å². The number of aromatic nitrogens is 6. The van der Waals surface area contributed by atoms with Gasteiger partial charge in [0.2, 0.25) is 0 Å². The summed E-state index contributed by atoms with van der Waals surface area (Å²) < 4.78 is 31.5. The van der Waals surface area contributed by atoms with Crippen molar-refractivity contribution < 1.29 is 23.5 Å². The first kappa shape index (κ1) is 29.1. The average Bonchev–Trinajstić information content (AvgIpc) is 3.77. The molecule has 45 heavy (non-hydrogen) atoms. The number of rotatable bonds is 5. The Bertz CT molecular complexity index is 2060. The molecule has 0 unspecified atom stereocenters. The van der Waals surface area contributed by atoms with Crippen molar-refractivity contribution in [3.05, 3.63) is 108 Å². The summed E-state index contributed by atoms with van der Waals surface area (Å²) >= 11 is 0.